The summed E-state index contributed by atoms with van der Waals surface area (Å²) >= 11 is 6.12. The van der Waals surface area contributed by atoms with Crippen LogP contribution in [0.1, 0.15) is 57.9 Å². The molecule has 0 saturated carbocycles. The number of rotatable bonds is 8. The molecular formula is C18H29ClN4O3. The zero-order valence-corrected chi connectivity index (χ0v) is 17.3. The first-order chi connectivity index (χ1) is 12.1. The maximum absolute atomic E-state index is 12.6. The van der Waals surface area contributed by atoms with E-state index in [0.717, 1.165) is 13.1 Å². The summed E-state index contributed by atoms with van der Waals surface area (Å²) in [6.45, 7) is 11.3. The molecule has 0 aliphatic carbocycles. The summed E-state index contributed by atoms with van der Waals surface area (Å²) in [5.41, 5.74) is -0.336. The number of aromatic nitrogens is 2. The standard InChI is InChI=1S/C18H29ClN4O3/c1-7-23(8-2)17-20-12-13(19)15(21-17)16(25)22(6)11-9-10-14(24)26-18(3,4)5/h12H,7-11H2,1-6H3. The molecule has 0 saturated heterocycles. The van der Waals surface area contributed by atoms with Crippen LogP contribution in [0.2, 0.25) is 5.02 Å². The maximum Gasteiger partial charge on any atom is 0.306 e. The zero-order chi connectivity index (χ0) is 19.9. The number of hydrogen-bond acceptors (Lipinski definition) is 6. The van der Waals surface area contributed by atoms with Gasteiger partial charge in [0.1, 0.15) is 5.60 Å². The van der Waals surface area contributed by atoms with E-state index in [0.29, 0.717) is 18.9 Å². The van der Waals surface area contributed by atoms with Gasteiger partial charge in [-0.3, -0.25) is 9.59 Å². The molecule has 0 bridgehead atoms. The highest BCUT2D eigenvalue weighted by Gasteiger charge is 2.20. The van der Waals surface area contributed by atoms with Crippen molar-refractivity contribution in [3.8, 4) is 0 Å². The van der Waals surface area contributed by atoms with E-state index in [1.165, 1.54) is 11.1 Å². The van der Waals surface area contributed by atoms with Gasteiger partial charge in [-0.1, -0.05) is 11.6 Å². The molecule has 0 radical (unpaired) electrons. The number of ether oxygens (including phenoxy) is 1. The summed E-state index contributed by atoms with van der Waals surface area (Å²) in [6.07, 6.45) is 2.20. The minimum absolute atomic E-state index is 0.170. The summed E-state index contributed by atoms with van der Waals surface area (Å²) in [6, 6.07) is 0. The van der Waals surface area contributed by atoms with Crippen LogP contribution in [-0.4, -0.2) is 59.0 Å². The van der Waals surface area contributed by atoms with E-state index < -0.39 is 5.60 Å². The molecule has 146 valence electrons. The summed E-state index contributed by atoms with van der Waals surface area (Å²) < 4.78 is 5.26. The van der Waals surface area contributed by atoms with E-state index in [1.54, 1.807) is 7.05 Å². The van der Waals surface area contributed by atoms with Gasteiger partial charge in [-0.2, -0.15) is 0 Å². The minimum Gasteiger partial charge on any atom is -0.460 e. The first kappa shape index (κ1) is 22.2. The van der Waals surface area contributed by atoms with E-state index in [2.05, 4.69) is 9.97 Å². The predicted molar refractivity (Wildman–Crippen MR) is 103 cm³/mol. The van der Waals surface area contributed by atoms with Gasteiger partial charge in [0.2, 0.25) is 5.95 Å². The number of halogens is 1. The second kappa shape index (κ2) is 9.71. The molecule has 1 rings (SSSR count). The Morgan fingerprint density at radius 3 is 2.38 bits per heavy atom. The Bertz CT molecular complexity index is 627. The van der Waals surface area contributed by atoms with Crippen LogP contribution in [0.5, 0.6) is 0 Å². The average Bonchev–Trinajstić information content (AvgIpc) is 2.55. The molecule has 0 aliphatic rings. The van der Waals surface area contributed by atoms with E-state index in [4.69, 9.17) is 16.3 Å². The number of amides is 1. The molecule has 1 aromatic rings. The Kier molecular flexibility index (Phi) is 8.27. The fraction of sp³-hybridized carbons (Fsp3) is 0.667. The molecule has 1 heterocycles. The Labute approximate surface area is 160 Å². The Hall–Kier alpha value is -1.89. The Balaban J connectivity index is 2.70. The molecule has 0 N–H and O–H groups in total. The summed E-state index contributed by atoms with van der Waals surface area (Å²) in [5, 5.41) is 0.213. The molecule has 0 aromatic carbocycles. The third kappa shape index (κ3) is 6.78. The topological polar surface area (TPSA) is 75.6 Å². The van der Waals surface area contributed by atoms with E-state index in [9.17, 15) is 9.59 Å². The van der Waals surface area contributed by atoms with Crippen molar-refractivity contribution in [2.75, 3.05) is 31.6 Å². The van der Waals surface area contributed by atoms with Gasteiger partial charge in [-0.05, 0) is 41.0 Å². The lowest BCUT2D eigenvalue weighted by Gasteiger charge is -2.22. The molecule has 7 nitrogen and oxygen atoms in total. The second-order valence-corrected chi connectivity index (χ2v) is 7.36. The van der Waals surface area contributed by atoms with Crippen molar-refractivity contribution in [3.63, 3.8) is 0 Å². The molecule has 0 unspecified atom stereocenters. The molecule has 0 spiro atoms. The second-order valence-electron chi connectivity index (χ2n) is 6.96. The lowest BCUT2D eigenvalue weighted by atomic mass is 10.2. The number of esters is 1. The zero-order valence-electron chi connectivity index (χ0n) is 16.5. The van der Waals surface area contributed by atoms with Gasteiger partial charge in [0.05, 0.1) is 11.2 Å². The highest BCUT2D eigenvalue weighted by atomic mass is 35.5. The monoisotopic (exact) mass is 384 g/mol. The highest BCUT2D eigenvalue weighted by Crippen LogP contribution is 2.18. The van der Waals surface area contributed by atoms with Crippen molar-refractivity contribution in [1.82, 2.24) is 14.9 Å². The molecule has 26 heavy (non-hydrogen) atoms. The van der Waals surface area contributed by atoms with Crippen LogP contribution >= 0.6 is 11.6 Å². The first-order valence-corrected chi connectivity index (χ1v) is 9.21. The van der Waals surface area contributed by atoms with Gasteiger partial charge < -0.3 is 14.5 Å². The van der Waals surface area contributed by atoms with E-state index in [-0.39, 0.29) is 29.0 Å². The molecule has 0 atom stereocenters. The summed E-state index contributed by atoms with van der Waals surface area (Å²) in [5.74, 6) is -0.0952. The van der Waals surface area contributed by atoms with Crippen molar-refractivity contribution in [1.29, 1.82) is 0 Å². The van der Waals surface area contributed by atoms with Gasteiger partial charge >= 0.3 is 5.97 Å². The van der Waals surface area contributed by atoms with Crippen LogP contribution in [0.15, 0.2) is 6.20 Å². The third-order valence-electron chi connectivity index (χ3n) is 3.62. The largest absolute Gasteiger partial charge is 0.460 e. The van der Waals surface area contributed by atoms with Crippen molar-refractivity contribution >= 4 is 29.4 Å². The van der Waals surface area contributed by atoms with Crippen molar-refractivity contribution < 1.29 is 14.3 Å². The number of anilines is 1. The van der Waals surface area contributed by atoms with E-state index in [1.807, 2.05) is 39.5 Å². The van der Waals surface area contributed by atoms with Gasteiger partial charge in [0.25, 0.3) is 5.91 Å². The number of nitrogens with zero attached hydrogens (tertiary/aromatic N) is 4. The molecule has 8 heteroatoms. The summed E-state index contributed by atoms with van der Waals surface area (Å²) in [4.78, 5) is 36.3. The third-order valence-corrected chi connectivity index (χ3v) is 3.90. The molecular weight excluding hydrogens is 356 g/mol. The van der Waals surface area contributed by atoms with Gasteiger partial charge in [0, 0.05) is 33.1 Å². The lowest BCUT2D eigenvalue weighted by Crippen LogP contribution is -2.31. The van der Waals surface area contributed by atoms with Crippen LogP contribution in [0.25, 0.3) is 0 Å². The first-order valence-electron chi connectivity index (χ1n) is 8.83. The predicted octanol–water partition coefficient (Wildman–Crippen LogP) is 3.17. The number of carbonyl (C=O) groups is 2. The van der Waals surface area contributed by atoms with E-state index >= 15 is 0 Å². The SMILES string of the molecule is CCN(CC)c1ncc(Cl)c(C(=O)N(C)CCCC(=O)OC(C)(C)C)n1. The Morgan fingerprint density at radius 2 is 1.85 bits per heavy atom. The molecule has 0 fully saturated rings. The fourth-order valence-electron chi connectivity index (χ4n) is 2.30. The fourth-order valence-corrected chi connectivity index (χ4v) is 2.47. The van der Waals surface area contributed by atoms with Gasteiger partial charge in [0.15, 0.2) is 5.69 Å². The maximum atomic E-state index is 12.6. The highest BCUT2D eigenvalue weighted by molar-refractivity contribution is 6.33. The van der Waals surface area contributed by atoms with Crippen molar-refractivity contribution in [2.24, 2.45) is 0 Å². The van der Waals surface area contributed by atoms with Crippen LogP contribution in [-0.2, 0) is 9.53 Å². The summed E-state index contributed by atoms with van der Waals surface area (Å²) in [7, 11) is 1.66. The molecule has 1 amide bonds. The van der Waals surface area contributed by atoms with Crippen molar-refractivity contribution in [2.45, 2.75) is 53.1 Å². The van der Waals surface area contributed by atoms with Crippen LogP contribution in [0.4, 0.5) is 5.95 Å². The average molecular weight is 385 g/mol. The lowest BCUT2D eigenvalue weighted by molar-refractivity contribution is -0.154. The quantitative estimate of drug-likeness (QED) is 0.641. The number of hydrogen-bond donors (Lipinski definition) is 0. The number of carbonyl (C=O) groups excluding carboxylic acids is 2. The molecule has 1 aromatic heterocycles. The van der Waals surface area contributed by atoms with Crippen molar-refractivity contribution in [3.05, 3.63) is 16.9 Å². The Morgan fingerprint density at radius 1 is 1.23 bits per heavy atom. The minimum atomic E-state index is -0.506. The molecule has 0 aliphatic heterocycles. The van der Waals surface area contributed by atoms with Crippen LogP contribution < -0.4 is 4.90 Å². The van der Waals surface area contributed by atoms with Gasteiger partial charge in [-0.15, -0.1) is 0 Å². The van der Waals surface area contributed by atoms with Crippen LogP contribution in [0.3, 0.4) is 0 Å². The smallest absolute Gasteiger partial charge is 0.306 e. The van der Waals surface area contributed by atoms with Gasteiger partial charge in [-0.25, -0.2) is 9.97 Å². The normalized spacial score (nSPS) is 11.2. The van der Waals surface area contributed by atoms with Crippen LogP contribution in [0, 0.1) is 0 Å².